The normalized spacial score (nSPS) is 28.9. The average molecular weight is 279 g/mol. The van der Waals surface area contributed by atoms with Gasteiger partial charge in [-0.3, -0.25) is 9.59 Å². The van der Waals surface area contributed by atoms with Crippen molar-refractivity contribution in [3.8, 4) is 0 Å². The van der Waals surface area contributed by atoms with Gasteiger partial charge >= 0.3 is 5.97 Å². The van der Waals surface area contributed by atoms with E-state index in [9.17, 15) is 14.7 Å². The quantitative estimate of drug-likeness (QED) is 0.778. The predicted octanol–water partition coefficient (Wildman–Crippen LogP) is 2.74. The summed E-state index contributed by atoms with van der Waals surface area (Å²) in [7, 11) is 0. The van der Waals surface area contributed by atoms with E-state index < -0.39 is 17.8 Å². The van der Waals surface area contributed by atoms with Crippen LogP contribution in [0, 0.1) is 17.8 Å². The number of amides is 1. The lowest BCUT2D eigenvalue weighted by molar-refractivity contribution is -0.147. The molecule has 1 fully saturated rings. The van der Waals surface area contributed by atoms with Gasteiger partial charge in [0, 0.05) is 6.04 Å². The third kappa shape index (κ3) is 3.62. The Hall–Kier alpha value is -1.32. The first-order valence-corrected chi connectivity index (χ1v) is 7.77. The number of hydrogen-bond acceptors (Lipinski definition) is 2. The van der Waals surface area contributed by atoms with Crippen molar-refractivity contribution in [1.29, 1.82) is 0 Å². The van der Waals surface area contributed by atoms with Crippen LogP contribution >= 0.6 is 0 Å². The van der Waals surface area contributed by atoms with Crippen LogP contribution in [-0.4, -0.2) is 23.0 Å². The van der Waals surface area contributed by atoms with Gasteiger partial charge in [-0.2, -0.15) is 0 Å². The maximum absolute atomic E-state index is 12.4. The van der Waals surface area contributed by atoms with Crippen LogP contribution in [0.1, 0.15) is 51.9 Å². The smallest absolute Gasteiger partial charge is 0.307 e. The molecule has 20 heavy (non-hydrogen) atoms. The minimum atomic E-state index is -0.861. The summed E-state index contributed by atoms with van der Waals surface area (Å²) >= 11 is 0. The van der Waals surface area contributed by atoms with Gasteiger partial charge in [-0.25, -0.2) is 0 Å². The fraction of sp³-hybridized carbons (Fsp3) is 0.750. The first-order chi connectivity index (χ1) is 9.59. The zero-order valence-corrected chi connectivity index (χ0v) is 12.2. The molecule has 3 atom stereocenters. The van der Waals surface area contributed by atoms with E-state index in [1.807, 2.05) is 12.2 Å². The molecule has 4 heteroatoms. The highest BCUT2D eigenvalue weighted by Crippen LogP contribution is 2.29. The summed E-state index contributed by atoms with van der Waals surface area (Å²) in [5.74, 6) is -1.38. The highest BCUT2D eigenvalue weighted by molar-refractivity contribution is 5.85. The summed E-state index contributed by atoms with van der Waals surface area (Å²) < 4.78 is 0. The molecule has 0 radical (unpaired) electrons. The van der Waals surface area contributed by atoms with E-state index in [4.69, 9.17) is 0 Å². The third-order valence-electron chi connectivity index (χ3n) is 4.81. The number of carbonyl (C=O) groups is 2. The van der Waals surface area contributed by atoms with E-state index >= 15 is 0 Å². The van der Waals surface area contributed by atoms with Gasteiger partial charge < -0.3 is 10.4 Å². The Kier molecular flexibility index (Phi) is 5.21. The number of carboxylic acids is 1. The van der Waals surface area contributed by atoms with Crippen molar-refractivity contribution in [1.82, 2.24) is 5.32 Å². The monoisotopic (exact) mass is 279 g/mol. The fourth-order valence-corrected chi connectivity index (χ4v) is 3.46. The lowest BCUT2D eigenvalue weighted by Gasteiger charge is -2.31. The van der Waals surface area contributed by atoms with Gasteiger partial charge in [0.1, 0.15) is 0 Å². The van der Waals surface area contributed by atoms with Crippen LogP contribution in [0.3, 0.4) is 0 Å². The molecular formula is C16H25NO3. The zero-order valence-electron chi connectivity index (χ0n) is 12.2. The number of aliphatic carboxylic acids is 1. The van der Waals surface area contributed by atoms with Crippen molar-refractivity contribution in [2.24, 2.45) is 17.8 Å². The summed E-state index contributed by atoms with van der Waals surface area (Å²) in [5, 5.41) is 12.3. The lowest BCUT2D eigenvalue weighted by Crippen LogP contribution is -2.45. The first-order valence-electron chi connectivity index (χ1n) is 7.77. The summed E-state index contributed by atoms with van der Waals surface area (Å²) in [6, 6.07) is 0.156. The van der Waals surface area contributed by atoms with Crippen LogP contribution in [-0.2, 0) is 9.59 Å². The highest BCUT2D eigenvalue weighted by Gasteiger charge is 2.35. The number of hydrogen-bond donors (Lipinski definition) is 2. The molecule has 2 N–H and O–H groups in total. The number of rotatable bonds is 4. The van der Waals surface area contributed by atoms with E-state index in [0.29, 0.717) is 18.8 Å². The molecule has 2 unspecified atom stereocenters. The fourth-order valence-electron chi connectivity index (χ4n) is 3.46. The van der Waals surface area contributed by atoms with E-state index in [1.165, 1.54) is 32.1 Å². The van der Waals surface area contributed by atoms with E-state index in [0.717, 1.165) is 0 Å². The molecule has 0 aromatic heterocycles. The van der Waals surface area contributed by atoms with E-state index in [2.05, 4.69) is 12.2 Å². The molecule has 0 aliphatic heterocycles. The molecule has 2 aliphatic rings. The van der Waals surface area contributed by atoms with Crippen LogP contribution in [0.4, 0.5) is 0 Å². The Labute approximate surface area is 120 Å². The average Bonchev–Trinajstić information content (AvgIpc) is 2.48. The molecule has 4 nitrogen and oxygen atoms in total. The van der Waals surface area contributed by atoms with Crippen LogP contribution in [0.15, 0.2) is 12.2 Å². The second-order valence-electron chi connectivity index (χ2n) is 6.19. The van der Waals surface area contributed by atoms with Crippen molar-refractivity contribution in [2.75, 3.05) is 0 Å². The van der Waals surface area contributed by atoms with Gasteiger partial charge in [-0.05, 0) is 38.5 Å². The van der Waals surface area contributed by atoms with Crippen molar-refractivity contribution >= 4 is 11.9 Å². The zero-order chi connectivity index (χ0) is 14.5. The molecule has 1 amide bonds. The number of nitrogens with one attached hydrogen (secondary N) is 1. The second kappa shape index (κ2) is 6.91. The van der Waals surface area contributed by atoms with Crippen LogP contribution in [0.25, 0.3) is 0 Å². The standard InChI is InChI=1S/C16H25NO3/c1-11(12-7-3-2-4-8-12)17-15(18)13-9-5-6-10-14(13)16(19)20/h5-6,11-14H,2-4,7-10H2,1H3,(H,17,18)(H,19,20)/t11-,13?,14?/m0/s1. The minimum Gasteiger partial charge on any atom is -0.481 e. The maximum atomic E-state index is 12.4. The van der Waals surface area contributed by atoms with E-state index in [-0.39, 0.29) is 11.9 Å². The van der Waals surface area contributed by atoms with Gasteiger partial charge in [-0.15, -0.1) is 0 Å². The van der Waals surface area contributed by atoms with Gasteiger partial charge in [0.25, 0.3) is 0 Å². The summed E-state index contributed by atoms with van der Waals surface area (Å²) in [5.41, 5.74) is 0. The predicted molar refractivity (Wildman–Crippen MR) is 77.2 cm³/mol. The molecule has 112 valence electrons. The maximum Gasteiger partial charge on any atom is 0.307 e. The van der Waals surface area contributed by atoms with Crippen molar-refractivity contribution < 1.29 is 14.7 Å². The van der Waals surface area contributed by atoms with Crippen molar-refractivity contribution in [2.45, 2.75) is 57.9 Å². The second-order valence-corrected chi connectivity index (χ2v) is 6.19. The number of carbonyl (C=O) groups excluding carboxylic acids is 1. The van der Waals surface area contributed by atoms with Crippen molar-refractivity contribution in [3.63, 3.8) is 0 Å². The largest absolute Gasteiger partial charge is 0.481 e. The van der Waals surface area contributed by atoms with Gasteiger partial charge in [0.15, 0.2) is 0 Å². The molecule has 2 aliphatic carbocycles. The topological polar surface area (TPSA) is 66.4 Å². The first kappa shape index (κ1) is 15.1. The summed E-state index contributed by atoms with van der Waals surface area (Å²) in [4.78, 5) is 23.6. The van der Waals surface area contributed by atoms with E-state index in [1.54, 1.807) is 0 Å². The Morgan fingerprint density at radius 2 is 1.70 bits per heavy atom. The molecule has 0 spiro atoms. The van der Waals surface area contributed by atoms with Crippen molar-refractivity contribution in [3.05, 3.63) is 12.2 Å². The third-order valence-corrected chi connectivity index (χ3v) is 4.81. The lowest BCUT2D eigenvalue weighted by atomic mass is 9.81. The SMILES string of the molecule is C[C@H](NC(=O)C1CC=CCC1C(=O)O)C1CCCCC1. The van der Waals surface area contributed by atoms with Gasteiger partial charge in [-0.1, -0.05) is 31.4 Å². The molecule has 0 aromatic rings. The van der Waals surface area contributed by atoms with Gasteiger partial charge in [0.2, 0.25) is 5.91 Å². The molecule has 0 aromatic carbocycles. The molecule has 0 saturated heterocycles. The van der Waals surface area contributed by atoms with Crippen LogP contribution in [0.5, 0.6) is 0 Å². The molecule has 1 saturated carbocycles. The Morgan fingerprint density at radius 3 is 2.30 bits per heavy atom. The Bertz CT molecular complexity index is 385. The summed E-state index contributed by atoms with van der Waals surface area (Å²) in [6.45, 7) is 2.06. The van der Waals surface area contributed by atoms with Crippen LogP contribution in [0.2, 0.25) is 0 Å². The highest BCUT2D eigenvalue weighted by atomic mass is 16.4. The molecule has 2 rings (SSSR count). The number of allylic oxidation sites excluding steroid dienone is 2. The molecule has 0 heterocycles. The molecular weight excluding hydrogens is 254 g/mol. The van der Waals surface area contributed by atoms with Crippen LogP contribution < -0.4 is 5.32 Å². The number of carboxylic acid groups (broad SMARTS) is 1. The Morgan fingerprint density at radius 1 is 1.10 bits per heavy atom. The van der Waals surface area contributed by atoms with Gasteiger partial charge in [0.05, 0.1) is 11.8 Å². The minimum absolute atomic E-state index is 0.0835. The summed E-state index contributed by atoms with van der Waals surface area (Å²) in [6.07, 6.45) is 10.9. The Balaban J connectivity index is 1.92. The molecule has 0 bridgehead atoms.